The van der Waals surface area contributed by atoms with Crippen molar-refractivity contribution >= 4 is 5.91 Å². The average molecular weight is 309 g/mol. The van der Waals surface area contributed by atoms with Gasteiger partial charge in [0.25, 0.3) is 0 Å². The van der Waals surface area contributed by atoms with E-state index in [1.54, 1.807) is 0 Å². The Morgan fingerprint density at radius 1 is 0.870 bits per heavy atom. The molecule has 0 bridgehead atoms. The van der Waals surface area contributed by atoms with Gasteiger partial charge >= 0.3 is 0 Å². The first-order valence-electron chi connectivity index (χ1n) is 7.68. The molecule has 0 saturated heterocycles. The van der Waals surface area contributed by atoms with Crippen LogP contribution in [0.2, 0.25) is 0 Å². The van der Waals surface area contributed by atoms with Crippen LogP contribution in [-0.4, -0.2) is 25.2 Å². The number of hydrogen-bond donors (Lipinski definition) is 1. The van der Waals surface area contributed by atoms with Gasteiger partial charge in [0.2, 0.25) is 5.91 Å². The van der Waals surface area contributed by atoms with E-state index in [0.29, 0.717) is 19.0 Å². The van der Waals surface area contributed by atoms with Gasteiger partial charge in [-0.15, -0.1) is 0 Å². The van der Waals surface area contributed by atoms with Crippen molar-refractivity contribution in [3.63, 3.8) is 0 Å². The summed E-state index contributed by atoms with van der Waals surface area (Å²) in [7, 11) is 0. The number of amides is 1. The minimum atomic E-state index is -0.110. The summed E-state index contributed by atoms with van der Waals surface area (Å²) in [5.74, 6) is 1.38. The van der Waals surface area contributed by atoms with Crippen LogP contribution in [0.3, 0.4) is 0 Å². The van der Waals surface area contributed by atoms with Crippen LogP contribution in [-0.2, 0) is 16.0 Å². The highest BCUT2D eigenvalue weighted by molar-refractivity contribution is 5.91. The Morgan fingerprint density at radius 2 is 1.52 bits per heavy atom. The molecular formula is C19H19NO3. The fraction of sp³-hybridized carbons (Fsp3) is 0.211. The summed E-state index contributed by atoms with van der Waals surface area (Å²) in [5, 5.41) is 2.91. The minimum absolute atomic E-state index is 0.107. The second kappa shape index (κ2) is 7.49. The Bertz CT molecular complexity index is 668. The molecule has 2 aromatic rings. The molecule has 0 aliphatic carbocycles. The molecule has 1 N–H and O–H groups in total. The largest absolute Gasteiger partial charge is 0.492 e. The number of rotatable bonds is 7. The van der Waals surface area contributed by atoms with Gasteiger partial charge < -0.3 is 14.8 Å². The quantitative estimate of drug-likeness (QED) is 0.800. The van der Waals surface area contributed by atoms with Crippen molar-refractivity contribution in [3.8, 4) is 5.75 Å². The molecule has 0 radical (unpaired) electrons. The van der Waals surface area contributed by atoms with E-state index in [1.165, 1.54) is 6.08 Å². The zero-order valence-electron chi connectivity index (χ0n) is 12.8. The molecule has 0 spiro atoms. The van der Waals surface area contributed by atoms with Crippen LogP contribution in [0.5, 0.6) is 5.75 Å². The van der Waals surface area contributed by atoms with Gasteiger partial charge in [0.15, 0.2) is 0 Å². The van der Waals surface area contributed by atoms with E-state index in [9.17, 15) is 4.79 Å². The molecule has 1 aliphatic heterocycles. The number of nitrogens with one attached hydrogen (secondary N) is 1. The SMILES string of the molecule is O=C1C=C(OCCOc2ccccc2)[C@H](Cc2ccccc2)N1. The molecule has 0 fully saturated rings. The molecule has 4 heteroatoms. The number of ether oxygens (including phenoxy) is 2. The molecule has 118 valence electrons. The van der Waals surface area contributed by atoms with Gasteiger partial charge in [-0.2, -0.15) is 0 Å². The predicted molar refractivity (Wildman–Crippen MR) is 88.0 cm³/mol. The first-order valence-corrected chi connectivity index (χ1v) is 7.68. The Hall–Kier alpha value is -2.75. The molecule has 2 aromatic carbocycles. The van der Waals surface area contributed by atoms with E-state index < -0.39 is 0 Å². The third-order valence-corrected chi connectivity index (χ3v) is 3.58. The minimum Gasteiger partial charge on any atom is -0.492 e. The summed E-state index contributed by atoms with van der Waals surface area (Å²) in [5.41, 5.74) is 1.16. The van der Waals surface area contributed by atoms with Gasteiger partial charge in [0, 0.05) is 6.08 Å². The highest BCUT2D eigenvalue weighted by Crippen LogP contribution is 2.16. The average Bonchev–Trinajstić information content (AvgIpc) is 2.93. The first kappa shape index (κ1) is 15.2. The van der Waals surface area contributed by atoms with E-state index in [1.807, 2.05) is 60.7 Å². The van der Waals surface area contributed by atoms with E-state index in [4.69, 9.17) is 9.47 Å². The van der Waals surface area contributed by atoms with E-state index in [0.717, 1.165) is 17.7 Å². The summed E-state index contributed by atoms with van der Waals surface area (Å²) in [4.78, 5) is 11.6. The molecule has 3 rings (SSSR count). The summed E-state index contributed by atoms with van der Waals surface area (Å²) in [6.45, 7) is 0.842. The smallest absolute Gasteiger partial charge is 0.248 e. The molecule has 0 saturated carbocycles. The Kier molecular flexibility index (Phi) is 4.94. The van der Waals surface area contributed by atoms with Gasteiger partial charge in [0.1, 0.15) is 24.7 Å². The lowest BCUT2D eigenvalue weighted by molar-refractivity contribution is -0.116. The van der Waals surface area contributed by atoms with E-state index in [-0.39, 0.29) is 11.9 Å². The Labute approximate surface area is 135 Å². The van der Waals surface area contributed by atoms with Crippen molar-refractivity contribution in [1.82, 2.24) is 5.32 Å². The summed E-state index contributed by atoms with van der Waals surface area (Å²) < 4.78 is 11.3. The number of para-hydroxylation sites is 1. The molecular weight excluding hydrogens is 290 g/mol. The molecule has 1 aliphatic rings. The Balaban J connectivity index is 1.49. The number of carbonyl (C=O) groups is 1. The first-order chi connectivity index (χ1) is 11.3. The molecule has 23 heavy (non-hydrogen) atoms. The maximum atomic E-state index is 11.6. The summed E-state index contributed by atoms with van der Waals surface area (Å²) in [6.07, 6.45) is 2.24. The van der Waals surface area contributed by atoms with E-state index in [2.05, 4.69) is 5.32 Å². The van der Waals surface area contributed by atoms with Crippen LogP contribution < -0.4 is 10.1 Å². The summed E-state index contributed by atoms with van der Waals surface area (Å²) in [6, 6.07) is 19.5. The van der Waals surface area contributed by atoms with Gasteiger partial charge in [-0.1, -0.05) is 48.5 Å². The van der Waals surface area contributed by atoms with Crippen molar-refractivity contribution in [2.24, 2.45) is 0 Å². The normalized spacial score (nSPS) is 16.6. The van der Waals surface area contributed by atoms with Crippen LogP contribution >= 0.6 is 0 Å². The van der Waals surface area contributed by atoms with Crippen molar-refractivity contribution < 1.29 is 14.3 Å². The van der Waals surface area contributed by atoms with Crippen molar-refractivity contribution in [1.29, 1.82) is 0 Å². The number of benzene rings is 2. The molecule has 1 amide bonds. The fourth-order valence-corrected chi connectivity index (χ4v) is 2.49. The predicted octanol–water partition coefficient (Wildman–Crippen LogP) is 2.71. The van der Waals surface area contributed by atoms with Crippen molar-refractivity contribution in [2.45, 2.75) is 12.5 Å². The number of hydrogen-bond acceptors (Lipinski definition) is 3. The van der Waals surface area contributed by atoms with Gasteiger partial charge in [-0.05, 0) is 24.1 Å². The molecule has 0 unspecified atom stereocenters. The lowest BCUT2D eigenvalue weighted by Gasteiger charge is -2.16. The zero-order valence-corrected chi connectivity index (χ0v) is 12.8. The van der Waals surface area contributed by atoms with Gasteiger partial charge in [-0.3, -0.25) is 4.79 Å². The second-order valence-corrected chi connectivity index (χ2v) is 5.31. The van der Waals surface area contributed by atoms with Crippen molar-refractivity contribution in [3.05, 3.63) is 78.1 Å². The van der Waals surface area contributed by atoms with Crippen molar-refractivity contribution in [2.75, 3.05) is 13.2 Å². The van der Waals surface area contributed by atoms with Crippen LogP contribution in [0.15, 0.2) is 72.5 Å². The third kappa shape index (κ3) is 4.36. The molecule has 0 aromatic heterocycles. The second-order valence-electron chi connectivity index (χ2n) is 5.31. The lowest BCUT2D eigenvalue weighted by Crippen LogP contribution is -2.31. The van der Waals surface area contributed by atoms with Crippen LogP contribution in [0.4, 0.5) is 0 Å². The number of carbonyl (C=O) groups excluding carboxylic acids is 1. The fourth-order valence-electron chi connectivity index (χ4n) is 2.49. The molecule has 1 heterocycles. The third-order valence-electron chi connectivity index (χ3n) is 3.58. The zero-order chi connectivity index (χ0) is 15.9. The molecule has 4 nitrogen and oxygen atoms in total. The highest BCUT2D eigenvalue weighted by atomic mass is 16.5. The van der Waals surface area contributed by atoms with Crippen LogP contribution in [0.1, 0.15) is 5.56 Å². The maximum absolute atomic E-state index is 11.6. The maximum Gasteiger partial charge on any atom is 0.248 e. The van der Waals surface area contributed by atoms with Crippen LogP contribution in [0.25, 0.3) is 0 Å². The standard InChI is InChI=1S/C19H19NO3/c21-19-14-18(17(20-19)13-15-7-3-1-4-8-15)23-12-11-22-16-9-5-2-6-10-16/h1-10,14,17H,11-13H2,(H,20,21)/t17-/m0/s1. The topological polar surface area (TPSA) is 47.6 Å². The molecule has 1 atom stereocenters. The summed E-state index contributed by atoms with van der Waals surface area (Å²) >= 11 is 0. The van der Waals surface area contributed by atoms with Gasteiger partial charge in [-0.25, -0.2) is 0 Å². The van der Waals surface area contributed by atoms with E-state index >= 15 is 0 Å². The Morgan fingerprint density at radius 3 is 2.26 bits per heavy atom. The lowest BCUT2D eigenvalue weighted by atomic mass is 10.1. The van der Waals surface area contributed by atoms with Gasteiger partial charge in [0.05, 0.1) is 6.04 Å². The van der Waals surface area contributed by atoms with Crippen LogP contribution in [0, 0.1) is 0 Å². The monoisotopic (exact) mass is 309 g/mol. The highest BCUT2D eigenvalue weighted by Gasteiger charge is 2.25.